The van der Waals surface area contributed by atoms with Crippen LogP contribution in [0.5, 0.6) is 0 Å². The Morgan fingerprint density at radius 3 is 2.59 bits per heavy atom. The molecular weight excluding hydrogens is 229 g/mol. The van der Waals surface area contributed by atoms with Gasteiger partial charge in [-0.25, -0.2) is 0 Å². The summed E-state index contributed by atoms with van der Waals surface area (Å²) >= 11 is 0. The lowest BCUT2D eigenvalue weighted by Gasteiger charge is -2.39. The molecule has 0 saturated heterocycles. The van der Waals surface area contributed by atoms with Gasteiger partial charge in [0.05, 0.1) is 5.60 Å². The second-order valence-electron chi connectivity index (χ2n) is 6.28. The fourth-order valence-corrected chi connectivity index (χ4v) is 4.88. The predicted octanol–water partition coefficient (Wildman–Crippen LogP) is 3.52. The number of hydrogen-bond donors (Lipinski definition) is 1. The lowest BCUT2D eigenvalue weighted by molar-refractivity contribution is -0.154. The first-order chi connectivity index (χ1) is 7.89. The molecule has 3 aliphatic carbocycles. The fraction of sp³-hybridized carbons (Fsp3) is 1.00. The van der Waals surface area contributed by atoms with Crippen LogP contribution in [0.3, 0.4) is 0 Å². The summed E-state index contributed by atoms with van der Waals surface area (Å²) in [5.41, 5.74) is -1.01. The number of alkyl halides is 3. The van der Waals surface area contributed by atoms with E-state index in [-0.39, 0.29) is 12.3 Å². The van der Waals surface area contributed by atoms with E-state index in [4.69, 9.17) is 0 Å². The third-order valence-corrected chi connectivity index (χ3v) is 5.45. The molecule has 0 aromatic rings. The van der Waals surface area contributed by atoms with Crippen LogP contribution >= 0.6 is 0 Å². The third kappa shape index (κ3) is 1.88. The van der Waals surface area contributed by atoms with E-state index in [1.807, 2.05) is 0 Å². The Labute approximate surface area is 99.4 Å². The highest BCUT2D eigenvalue weighted by atomic mass is 19.4. The minimum Gasteiger partial charge on any atom is -0.390 e. The average molecular weight is 248 g/mol. The van der Waals surface area contributed by atoms with Gasteiger partial charge in [0.2, 0.25) is 0 Å². The molecule has 0 heterocycles. The van der Waals surface area contributed by atoms with Crippen LogP contribution in [-0.4, -0.2) is 16.9 Å². The zero-order chi connectivity index (χ0) is 12.3. The van der Waals surface area contributed by atoms with Crippen LogP contribution in [0.1, 0.15) is 44.9 Å². The molecule has 0 aliphatic heterocycles. The molecule has 3 rings (SSSR count). The van der Waals surface area contributed by atoms with Crippen molar-refractivity contribution < 1.29 is 18.3 Å². The first kappa shape index (κ1) is 11.8. The van der Waals surface area contributed by atoms with Gasteiger partial charge in [-0.3, -0.25) is 0 Å². The molecule has 98 valence electrons. The lowest BCUT2D eigenvalue weighted by atomic mass is 9.71. The molecule has 0 radical (unpaired) electrons. The quantitative estimate of drug-likeness (QED) is 0.792. The maximum absolute atomic E-state index is 12.3. The summed E-state index contributed by atoms with van der Waals surface area (Å²) in [7, 11) is 0. The van der Waals surface area contributed by atoms with E-state index in [2.05, 4.69) is 0 Å². The van der Waals surface area contributed by atoms with Crippen LogP contribution < -0.4 is 0 Å². The van der Waals surface area contributed by atoms with Crippen LogP contribution in [0.15, 0.2) is 0 Å². The number of hydrogen-bond acceptors (Lipinski definition) is 1. The van der Waals surface area contributed by atoms with Crippen LogP contribution in [0, 0.1) is 23.7 Å². The third-order valence-electron chi connectivity index (χ3n) is 5.45. The molecule has 1 N–H and O–H groups in total. The Hall–Kier alpha value is -0.250. The highest BCUT2D eigenvalue weighted by Crippen LogP contribution is 2.63. The topological polar surface area (TPSA) is 20.2 Å². The summed E-state index contributed by atoms with van der Waals surface area (Å²) in [4.78, 5) is 0. The van der Waals surface area contributed by atoms with Gasteiger partial charge in [0.1, 0.15) is 0 Å². The van der Waals surface area contributed by atoms with E-state index in [1.54, 1.807) is 0 Å². The number of aliphatic hydroxyl groups is 1. The Morgan fingerprint density at radius 2 is 1.88 bits per heavy atom. The molecule has 0 aromatic heterocycles. The summed E-state index contributed by atoms with van der Waals surface area (Å²) < 4.78 is 36.8. The fourth-order valence-electron chi connectivity index (χ4n) is 4.88. The van der Waals surface area contributed by atoms with Crippen molar-refractivity contribution in [3.63, 3.8) is 0 Å². The Balaban J connectivity index is 1.69. The van der Waals surface area contributed by atoms with E-state index < -0.39 is 18.2 Å². The normalized spacial score (nSPS) is 48.7. The molecule has 0 spiro atoms. The van der Waals surface area contributed by atoms with Crippen molar-refractivity contribution >= 4 is 0 Å². The Bertz CT molecular complexity index is 314. The zero-order valence-corrected chi connectivity index (χ0v) is 9.84. The average Bonchev–Trinajstić information content (AvgIpc) is 2.83. The number of rotatable bonds is 2. The molecular formula is C13H19F3O. The van der Waals surface area contributed by atoms with Crippen LogP contribution in [-0.2, 0) is 0 Å². The van der Waals surface area contributed by atoms with E-state index in [9.17, 15) is 18.3 Å². The monoisotopic (exact) mass is 248 g/mol. The molecule has 2 bridgehead atoms. The van der Waals surface area contributed by atoms with E-state index >= 15 is 0 Å². The van der Waals surface area contributed by atoms with Crippen molar-refractivity contribution in [2.24, 2.45) is 23.7 Å². The Morgan fingerprint density at radius 1 is 1.18 bits per heavy atom. The van der Waals surface area contributed by atoms with Crippen LogP contribution in [0.4, 0.5) is 13.2 Å². The van der Waals surface area contributed by atoms with Gasteiger partial charge in [0.25, 0.3) is 0 Å². The van der Waals surface area contributed by atoms with Crippen molar-refractivity contribution in [1.29, 1.82) is 0 Å². The SMILES string of the molecule is OC1(CCC(F)(F)F)CC2CC1C1CCCC21. The van der Waals surface area contributed by atoms with Gasteiger partial charge in [-0.2, -0.15) is 13.2 Å². The van der Waals surface area contributed by atoms with Gasteiger partial charge in [0.15, 0.2) is 0 Å². The second-order valence-corrected chi connectivity index (χ2v) is 6.28. The minimum atomic E-state index is -4.13. The van der Waals surface area contributed by atoms with Gasteiger partial charge in [-0.1, -0.05) is 6.42 Å². The predicted molar refractivity (Wildman–Crippen MR) is 57.3 cm³/mol. The van der Waals surface area contributed by atoms with E-state index in [0.29, 0.717) is 24.2 Å². The molecule has 5 atom stereocenters. The maximum atomic E-state index is 12.3. The number of halogens is 3. The lowest BCUT2D eigenvalue weighted by Crippen LogP contribution is -2.42. The standard InChI is InChI=1S/C13H19F3O/c14-13(15,16)5-4-12(17)7-8-6-11(12)10-3-1-2-9(8)10/h8-11,17H,1-7H2. The highest BCUT2D eigenvalue weighted by Gasteiger charge is 2.60. The summed E-state index contributed by atoms with van der Waals surface area (Å²) in [5.74, 6) is 1.89. The molecule has 0 aromatic carbocycles. The summed E-state index contributed by atoms with van der Waals surface area (Å²) in [5, 5.41) is 10.5. The minimum absolute atomic E-state index is 0.0825. The molecule has 4 heteroatoms. The van der Waals surface area contributed by atoms with E-state index in [1.165, 1.54) is 12.8 Å². The van der Waals surface area contributed by atoms with Crippen molar-refractivity contribution in [2.45, 2.75) is 56.7 Å². The molecule has 3 aliphatic rings. The van der Waals surface area contributed by atoms with Crippen molar-refractivity contribution in [2.75, 3.05) is 0 Å². The molecule has 3 saturated carbocycles. The highest BCUT2D eigenvalue weighted by molar-refractivity contribution is 5.10. The first-order valence-electron chi connectivity index (χ1n) is 6.68. The molecule has 17 heavy (non-hydrogen) atoms. The molecule has 0 amide bonds. The molecule has 1 nitrogen and oxygen atoms in total. The van der Waals surface area contributed by atoms with Gasteiger partial charge >= 0.3 is 6.18 Å². The van der Waals surface area contributed by atoms with Crippen molar-refractivity contribution in [1.82, 2.24) is 0 Å². The van der Waals surface area contributed by atoms with Crippen LogP contribution in [0.2, 0.25) is 0 Å². The summed E-state index contributed by atoms with van der Waals surface area (Å²) in [6.07, 6.45) is 0.120. The maximum Gasteiger partial charge on any atom is 0.389 e. The second kappa shape index (κ2) is 3.62. The summed E-state index contributed by atoms with van der Waals surface area (Å²) in [6, 6.07) is 0. The Kier molecular flexibility index (Phi) is 2.52. The molecule has 5 unspecified atom stereocenters. The molecule has 3 fully saturated rings. The van der Waals surface area contributed by atoms with Gasteiger partial charge < -0.3 is 5.11 Å². The number of fused-ring (bicyclic) bond motifs is 5. The first-order valence-corrected chi connectivity index (χ1v) is 6.68. The van der Waals surface area contributed by atoms with Crippen molar-refractivity contribution in [3.8, 4) is 0 Å². The smallest absolute Gasteiger partial charge is 0.389 e. The van der Waals surface area contributed by atoms with Gasteiger partial charge in [0, 0.05) is 6.42 Å². The van der Waals surface area contributed by atoms with E-state index in [0.717, 1.165) is 12.8 Å². The van der Waals surface area contributed by atoms with Gasteiger partial charge in [-0.05, 0) is 55.8 Å². The van der Waals surface area contributed by atoms with Crippen LogP contribution in [0.25, 0.3) is 0 Å². The van der Waals surface area contributed by atoms with Gasteiger partial charge in [-0.15, -0.1) is 0 Å². The zero-order valence-electron chi connectivity index (χ0n) is 9.84. The van der Waals surface area contributed by atoms with Crippen molar-refractivity contribution in [3.05, 3.63) is 0 Å². The summed E-state index contributed by atoms with van der Waals surface area (Å²) in [6.45, 7) is 0. The largest absolute Gasteiger partial charge is 0.390 e.